The molecule has 7 amide bonds. The highest BCUT2D eigenvalue weighted by Gasteiger charge is 2.60. The van der Waals surface area contributed by atoms with Gasteiger partial charge in [0.1, 0.15) is 41.2 Å². The second kappa shape index (κ2) is 22.5. The fourth-order valence-electron chi connectivity index (χ4n) is 8.03. The molecule has 1 aromatic carbocycles. The Balaban J connectivity index is 1.95. The van der Waals surface area contributed by atoms with Gasteiger partial charge in [-0.25, -0.2) is 0 Å². The van der Waals surface area contributed by atoms with Gasteiger partial charge in [0.2, 0.25) is 41.4 Å². The molecule has 3 rings (SSSR count). The van der Waals surface area contributed by atoms with Gasteiger partial charge < -0.3 is 36.4 Å². The van der Waals surface area contributed by atoms with E-state index < -0.39 is 88.7 Å². The number of halogens is 5. The van der Waals surface area contributed by atoms with Crippen molar-refractivity contribution in [3.05, 3.63) is 33.8 Å². The molecule has 1 saturated heterocycles. The molecule has 1 aliphatic heterocycles. The number of nitrogens with zero attached hydrogens (tertiary/aromatic N) is 2. The average molecular weight is 919 g/mol. The summed E-state index contributed by atoms with van der Waals surface area (Å²) in [7, 11) is 1.41. The Morgan fingerprint density at radius 1 is 0.952 bits per heavy atom. The van der Waals surface area contributed by atoms with Gasteiger partial charge in [-0.05, 0) is 102 Å². The number of rotatable bonds is 12. The minimum atomic E-state index is -4.82. The third-order valence-corrected chi connectivity index (χ3v) is 12.4. The third-order valence-electron chi connectivity index (χ3n) is 11.8. The molecule has 0 spiro atoms. The minimum absolute atomic E-state index is 0.0184. The van der Waals surface area contributed by atoms with E-state index in [9.17, 15) is 46.7 Å². The summed E-state index contributed by atoms with van der Waals surface area (Å²) in [6, 6.07) is -1.52. The minimum Gasteiger partial charge on any atom is -0.354 e. The molecular formula is C43H64Cl2F3N7O7. The van der Waals surface area contributed by atoms with E-state index in [1.165, 1.54) is 44.5 Å². The molecule has 1 aromatic rings. The van der Waals surface area contributed by atoms with Gasteiger partial charge >= 0.3 is 6.18 Å². The van der Waals surface area contributed by atoms with Crippen LogP contribution in [0.25, 0.3) is 0 Å². The van der Waals surface area contributed by atoms with Crippen LogP contribution in [0.4, 0.5) is 13.2 Å². The van der Waals surface area contributed by atoms with E-state index in [1.54, 1.807) is 25.1 Å². The van der Waals surface area contributed by atoms with Crippen LogP contribution >= 0.6 is 23.2 Å². The van der Waals surface area contributed by atoms with Gasteiger partial charge in [-0.2, -0.15) is 13.2 Å². The van der Waals surface area contributed by atoms with E-state index in [-0.39, 0.29) is 70.4 Å². The monoisotopic (exact) mass is 917 g/mol. The van der Waals surface area contributed by atoms with Gasteiger partial charge in [0.05, 0.1) is 0 Å². The lowest BCUT2D eigenvalue weighted by Crippen LogP contribution is -2.62. The molecule has 19 heteroatoms. The molecule has 0 radical (unpaired) electrons. The average Bonchev–Trinajstić information content (AvgIpc) is 3.20. The Labute approximate surface area is 372 Å². The van der Waals surface area contributed by atoms with Gasteiger partial charge in [0.25, 0.3) is 0 Å². The maximum atomic E-state index is 14.5. The van der Waals surface area contributed by atoms with Crippen LogP contribution in [0, 0.1) is 11.3 Å². The quantitative estimate of drug-likeness (QED) is 0.190. The number of amides is 7. The van der Waals surface area contributed by atoms with Crippen molar-refractivity contribution in [1.82, 2.24) is 36.4 Å². The number of benzene rings is 1. The number of carbonyl (C=O) groups excluding carboxylic acids is 7. The first-order valence-corrected chi connectivity index (χ1v) is 22.3. The van der Waals surface area contributed by atoms with E-state index >= 15 is 0 Å². The highest BCUT2D eigenvalue weighted by molar-refractivity contribution is 6.33. The lowest BCUT2D eigenvalue weighted by Gasteiger charge is -2.38. The van der Waals surface area contributed by atoms with Crippen LogP contribution in [0.15, 0.2) is 18.2 Å². The maximum Gasteiger partial charge on any atom is 0.403 e. The fourth-order valence-corrected chi connectivity index (χ4v) is 8.42. The van der Waals surface area contributed by atoms with Crippen molar-refractivity contribution in [2.75, 3.05) is 20.1 Å². The summed E-state index contributed by atoms with van der Waals surface area (Å²) in [6.07, 6.45) is -3.82. The first kappa shape index (κ1) is 52.2. The number of likely N-dealkylation sites (N-methyl/N-ethyl adjacent to an activating group) is 2. The highest BCUT2D eigenvalue weighted by atomic mass is 35.5. The zero-order chi connectivity index (χ0) is 46.7. The number of carbonyl (C=O) groups is 7. The molecule has 0 aromatic heterocycles. The van der Waals surface area contributed by atoms with Gasteiger partial charge in [0, 0.05) is 36.6 Å². The van der Waals surface area contributed by atoms with Crippen molar-refractivity contribution < 1.29 is 46.7 Å². The van der Waals surface area contributed by atoms with Crippen LogP contribution in [0.2, 0.25) is 10.0 Å². The molecule has 5 N–H and O–H groups in total. The van der Waals surface area contributed by atoms with Crippen LogP contribution in [0.3, 0.4) is 0 Å². The maximum absolute atomic E-state index is 14.5. The van der Waals surface area contributed by atoms with Gasteiger partial charge in [-0.15, -0.1) is 0 Å². The van der Waals surface area contributed by atoms with Crippen molar-refractivity contribution in [3.63, 3.8) is 0 Å². The Morgan fingerprint density at radius 2 is 1.60 bits per heavy atom. The van der Waals surface area contributed by atoms with Crippen LogP contribution < -0.4 is 26.6 Å². The van der Waals surface area contributed by atoms with Crippen LogP contribution in [0.1, 0.15) is 118 Å². The Bertz CT molecular complexity index is 1790. The van der Waals surface area contributed by atoms with Crippen LogP contribution in [-0.4, -0.2) is 113 Å². The summed E-state index contributed by atoms with van der Waals surface area (Å²) in [5.74, 6) is -5.42. The van der Waals surface area contributed by atoms with E-state index in [0.717, 1.165) is 0 Å². The van der Waals surface area contributed by atoms with Crippen molar-refractivity contribution in [3.8, 4) is 0 Å². The van der Waals surface area contributed by atoms with E-state index in [1.807, 2.05) is 13.8 Å². The lowest BCUT2D eigenvalue weighted by molar-refractivity contribution is -0.230. The first-order chi connectivity index (χ1) is 28.9. The second-order valence-electron chi connectivity index (χ2n) is 17.4. The van der Waals surface area contributed by atoms with Gasteiger partial charge in [-0.3, -0.25) is 33.6 Å². The lowest BCUT2D eigenvalue weighted by atomic mass is 9.72. The normalized spacial score (nSPS) is 22.7. The number of hydrogen-bond donors (Lipinski definition) is 5. The van der Waals surface area contributed by atoms with Crippen molar-refractivity contribution in [2.24, 2.45) is 11.3 Å². The first-order valence-electron chi connectivity index (χ1n) is 21.5. The van der Waals surface area contributed by atoms with E-state index in [2.05, 4.69) is 26.6 Å². The summed E-state index contributed by atoms with van der Waals surface area (Å²) in [4.78, 5) is 99.6. The van der Waals surface area contributed by atoms with Gasteiger partial charge in [-0.1, -0.05) is 63.2 Å². The standard InChI is InChI=1S/C43H64Cl2F3N7O7/c1-9-30(52-40(62)42(43(46,47)48)19-13-11-14-20-42)34(56)50-26(5)37(59)55(10-2)32-16-12-15-21-49-39(61)41(6,7)53-36(58)33(24-27-23-28(44)17-18-29(27)45)54(8)38(60)31(22-25(3)4)51-35(32)57/h17-18,23,25-26,30-33H,9-16,19-22,24H2,1-8H3,(H,49,61)(H,50,56)(H,51,57)(H,52,62)(H,53,58)/t26-,30-,31-,32-,33-/m0/s1. The number of nitrogens with one attached hydrogen (secondary N) is 5. The molecule has 1 heterocycles. The van der Waals surface area contributed by atoms with Crippen molar-refractivity contribution >= 4 is 64.6 Å². The molecule has 348 valence electrons. The van der Waals surface area contributed by atoms with Gasteiger partial charge in [0.15, 0.2) is 0 Å². The van der Waals surface area contributed by atoms with Crippen LogP contribution in [-0.2, 0) is 40.0 Å². The summed E-state index contributed by atoms with van der Waals surface area (Å²) >= 11 is 12.8. The SMILES string of the molecule is CC[C@H](NC(=O)C1(C(F)(F)F)CCCCC1)C(=O)N[C@@H](C)C(=O)N(CC)[C@H]1CCCCNC(=O)C(C)(C)NC(=O)[C@H](Cc2cc(Cl)ccc2Cl)N(C)C(=O)[C@H](CC(C)C)NC1=O. The third kappa shape index (κ3) is 13.2. The molecule has 2 fully saturated rings. The Morgan fingerprint density at radius 3 is 2.18 bits per heavy atom. The Kier molecular flexibility index (Phi) is 18.9. The molecule has 5 atom stereocenters. The summed E-state index contributed by atoms with van der Waals surface area (Å²) in [5.41, 5.74) is -3.57. The fraction of sp³-hybridized carbons (Fsp3) is 0.698. The zero-order valence-electron chi connectivity index (χ0n) is 37.0. The smallest absolute Gasteiger partial charge is 0.354 e. The summed E-state index contributed by atoms with van der Waals surface area (Å²) in [6.45, 7) is 11.4. The molecule has 0 bridgehead atoms. The van der Waals surface area contributed by atoms with E-state index in [0.29, 0.717) is 34.9 Å². The summed E-state index contributed by atoms with van der Waals surface area (Å²) < 4.78 is 42.8. The number of hydrogen-bond acceptors (Lipinski definition) is 7. The molecule has 2 aliphatic rings. The van der Waals surface area contributed by atoms with Crippen LogP contribution in [0.5, 0.6) is 0 Å². The molecular weight excluding hydrogens is 854 g/mol. The molecule has 14 nitrogen and oxygen atoms in total. The predicted octanol–water partition coefficient (Wildman–Crippen LogP) is 5.22. The van der Waals surface area contributed by atoms with Crippen molar-refractivity contribution in [2.45, 2.75) is 161 Å². The zero-order valence-corrected chi connectivity index (χ0v) is 38.5. The largest absolute Gasteiger partial charge is 0.403 e. The highest BCUT2D eigenvalue weighted by Crippen LogP contribution is 2.49. The Hall–Kier alpha value is -4.12. The van der Waals surface area contributed by atoms with Crippen molar-refractivity contribution in [1.29, 1.82) is 0 Å². The second-order valence-corrected chi connectivity index (χ2v) is 18.3. The predicted molar refractivity (Wildman–Crippen MR) is 230 cm³/mol. The molecule has 62 heavy (non-hydrogen) atoms. The topological polar surface area (TPSA) is 186 Å². The molecule has 1 aliphatic carbocycles. The number of alkyl halides is 3. The van der Waals surface area contributed by atoms with E-state index in [4.69, 9.17) is 23.2 Å². The summed E-state index contributed by atoms with van der Waals surface area (Å²) in [5, 5.41) is 13.9. The molecule has 0 unspecified atom stereocenters. The molecule has 1 saturated carbocycles.